The minimum atomic E-state index is -1.94. The number of carboxylic acids is 1. The lowest BCUT2D eigenvalue weighted by atomic mass is 9.98. The fourth-order valence-corrected chi connectivity index (χ4v) is 8.73. The molecule has 0 aromatic carbocycles. The maximum atomic E-state index is 13.2. The molecule has 0 amide bonds. The predicted molar refractivity (Wildman–Crippen MR) is 321 cm³/mol. The molecule has 1 aliphatic rings. The van der Waals surface area contributed by atoms with E-state index < -0.39 is 67.3 Å². The van der Waals surface area contributed by atoms with Crippen LogP contribution in [0.1, 0.15) is 239 Å². The highest BCUT2D eigenvalue weighted by atomic mass is 16.7. The number of carbonyl (C=O) groups excluding carboxylic acids is 3. The Morgan fingerprint density at radius 3 is 1.28 bits per heavy atom. The largest absolute Gasteiger partial charge is 0.479 e. The van der Waals surface area contributed by atoms with E-state index in [0.29, 0.717) is 19.3 Å². The van der Waals surface area contributed by atoms with Gasteiger partial charge in [-0.1, -0.05) is 246 Å². The van der Waals surface area contributed by atoms with E-state index in [1.54, 1.807) is 12.2 Å². The van der Waals surface area contributed by atoms with Crippen LogP contribution in [0.2, 0.25) is 0 Å². The third-order valence-electron chi connectivity index (χ3n) is 13.4. The van der Waals surface area contributed by atoms with Crippen molar-refractivity contribution >= 4 is 23.9 Å². The Bertz CT molecular complexity index is 1790. The average molecular weight is 1110 g/mol. The Labute approximate surface area is 478 Å². The molecule has 0 bridgehead atoms. The number of ether oxygens (including phenoxy) is 5. The van der Waals surface area contributed by atoms with Crippen LogP contribution in [0.3, 0.4) is 0 Å². The monoisotopic (exact) mass is 1100 g/mol. The highest BCUT2D eigenvalue weighted by molar-refractivity contribution is 5.74. The summed E-state index contributed by atoms with van der Waals surface area (Å²) in [6.45, 7) is 5.71. The van der Waals surface area contributed by atoms with Gasteiger partial charge in [0.15, 0.2) is 24.6 Å². The Morgan fingerprint density at radius 2 is 0.835 bits per heavy atom. The second-order valence-corrected chi connectivity index (χ2v) is 20.6. The van der Waals surface area contributed by atoms with Crippen LogP contribution in [0.5, 0.6) is 0 Å². The Hall–Kier alpha value is -4.62. The van der Waals surface area contributed by atoms with Crippen LogP contribution in [0.25, 0.3) is 0 Å². The number of aliphatic carboxylic acids is 1. The highest BCUT2D eigenvalue weighted by Gasteiger charge is 2.50. The van der Waals surface area contributed by atoms with E-state index in [4.69, 9.17) is 23.7 Å². The lowest BCUT2D eigenvalue weighted by Gasteiger charge is -2.40. The van der Waals surface area contributed by atoms with Crippen LogP contribution in [0, 0.1) is 0 Å². The molecule has 1 saturated heterocycles. The third-order valence-corrected chi connectivity index (χ3v) is 13.4. The normalized spacial score (nSPS) is 18.6. The molecule has 448 valence electrons. The number of hydrogen-bond donors (Lipinski definition) is 3. The van der Waals surface area contributed by atoms with E-state index in [0.717, 1.165) is 96.3 Å². The molecule has 6 unspecified atom stereocenters. The summed E-state index contributed by atoms with van der Waals surface area (Å²) in [5.41, 5.74) is 0. The molecular weight excluding hydrogens is 997 g/mol. The van der Waals surface area contributed by atoms with Gasteiger partial charge in [-0.05, 0) is 83.5 Å². The number of allylic oxidation sites excluding steroid dienone is 17. The maximum Gasteiger partial charge on any atom is 0.335 e. The fraction of sp³-hybridized carbons (Fsp3) is 0.672. The summed E-state index contributed by atoms with van der Waals surface area (Å²) in [6.07, 6.45) is 60.8. The second-order valence-electron chi connectivity index (χ2n) is 20.6. The van der Waals surface area contributed by atoms with E-state index in [1.807, 2.05) is 12.2 Å². The van der Waals surface area contributed by atoms with Gasteiger partial charge in [0.25, 0.3) is 0 Å². The maximum absolute atomic E-state index is 13.2. The Balaban J connectivity index is 2.74. The zero-order valence-electron chi connectivity index (χ0n) is 49.3. The molecule has 1 aliphatic heterocycles. The molecule has 1 rings (SSSR count). The molecule has 1 fully saturated rings. The Kier molecular flexibility index (Phi) is 49.5. The molecule has 12 heteroatoms. The van der Waals surface area contributed by atoms with E-state index in [1.165, 1.54) is 83.5 Å². The zero-order chi connectivity index (χ0) is 57.5. The minimum Gasteiger partial charge on any atom is -0.479 e. The second kappa shape index (κ2) is 54.0. The first-order chi connectivity index (χ1) is 38.6. The van der Waals surface area contributed by atoms with Crippen molar-refractivity contribution in [2.45, 2.75) is 276 Å². The predicted octanol–water partition coefficient (Wildman–Crippen LogP) is 16.2. The highest BCUT2D eigenvalue weighted by Crippen LogP contribution is 2.26. The van der Waals surface area contributed by atoms with Crippen molar-refractivity contribution in [2.24, 2.45) is 0 Å². The van der Waals surface area contributed by atoms with Crippen LogP contribution in [0.15, 0.2) is 109 Å². The molecule has 6 atom stereocenters. The van der Waals surface area contributed by atoms with Gasteiger partial charge < -0.3 is 39.0 Å². The lowest BCUT2D eigenvalue weighted by Crippen LogP contribution is -2.61. The lowest BCUT2D eigenvalue weighted by molar-refractivity contribution is -0.301. The van der Waals surface area contributed by atoms with Gasteiger partial charge in [0, 0.05) is 12.8 Å². The molecule has 0 aromatic heterocycles. The summed E-state index contributed by atoms with van der Waals surface area (Å²) in [7, 11) is 0. The summed E-state index contributed by atoms with van der Waals surface area (Å²) in [5, 5.41) is 31.5. The van der Waals surface area contributed by atoms with Crippen LogP contribution >= 0.6 is 0 Å². The summed E-state index contributed by atoms with van der Waals surface area (Å²) in [4.78, 5) is 51.2. The summed E-state index contributed by atoms with van der Waals surface area (Å²) >= 11 is 0. The third kappa shape index (κ3) is 43.8. The quantitative estimate of drug-likeness (QED) is 0.0228. The van der Waals surface area contributed by atoms with Gasteiger partial charge in [-0.15, -0.1) is 0 Å². The molecular formula is C67H108O12. The number of unbranched alkanes of at least 4 members (excludes halogenated alkanes) is 20. The van der Waals surface area contributed by atoms with Crippen molar-refractivity contribution in [3.8, 4) is 0 Å². The van der Waals surface area contributed by atoms with E-state index in [2.05, 4.69) is 106 Å². The van der Waals surface area contributed by atoms with Crippen LogP contribution in [-0.2, 0) is 42.9 Å². The molecule has 79 heavy (non-hydrogen) atoms. The molecule has 0 saturated carbocycles. The molecule has 0 spiro atoms. The molecule has 12 nitrogen and oxygen atoms in total. The number of rotatable bonds is 51. The van der Waals surface area contributed by atoms with Crippen LogP contribution in [0.4, 0.5) is 0 Å². The number of carbonyl (C=O) groups is 4. The number of hydrogen-bond acceptors (Lipinski definition) is 11. The number of aliphatic hydroxyl groups is 2. The standard InChI is InChI=1S/C67H108O12/c1-4-7-10-13-16-19-22-25-28-30-33-35-38-41-44-47-50-53-59(68)75-56-58(77-60(69)54-51-48-45-42-39-37-34-31-29-26-23-20-17-14-11-8-5-2)57-76-67-65(63(72)62(71)64(79-67)66(73)74)78-61(70)55-52-49-46-43-40-36-32-27-24-21-18-15-12-9-6-3/h7,9-10,12,16,18-19,21,25,27-28,32-33,35,40,43,49,52,58,62-65,67,71-72H,4-6,8,11,13-15,17,20,22-24,26,29-31,34,36-39,41-42,44-48,50-51,53-57H2,1-3H3,(H,73,74)/b10-7-,12-9-,19-16-,21-18-,28-25-,32-27-,35-33-,43-40-,52-49-. The summed E-state index contributed by atoms with van der Waals surface area (Å²) in [6, 6.07) is 0. The van der Waals surface area contributed by atoms with Crippen molar-refractivity contribution in [3.05, 3.63) is 109 Å². The van der Waals surface area contributed by atoms with E-state index in [9.17, 15) is 34.5 Å². The van der Waals surface area contributed by atoms with Crippen molar-refractivity contribution in [2.75, 3.05) is 13.2 Å². The zero-order valence-corrected chi connectivity index (χ0v) is 49.3. The van der Waals surface area contributed by atoms with Crippen molar-refractivity contribution in [1.82, 2.24) is 0 Å². The van der Waals surface area contributed by atoms with Gasteiger partial charge >= 0.3 is 23.9 Å². The van der Waals surface area contributed by atoms with Gasteiger partial charge in [0.2, 0.25) is 0 Å². The van der Waals surface area contributed by atoms with Gasteiger partial charge in [-0.2, -0.15) is 0 Å². The molecule has 0 aromatic rings. The van der Waals surface area contributed by atoms with Crippen molar-refractivity contribution in [1.29, 1.82) is 0 Å². The van der Waals surface area contributed by atoms with Gasteiger partial charge in [-0.25, -0.2) is 4.79 Å². The number of carboxylic acid groups (broad SMARTS) is 1. The van der Waals surface area contributed by atoms with Crippen molar-refractivity contribution in [3.63, 3.8) is 0 Å². The smallest absolute Gasteiger partial charge is 0.335 e. The Morgan fingerprint density at radius 1 is 0.443 bits per heavy atom. The van der Waals surface area contributed by atoms with Crippen LogP contribution < -0.4 is 0 Å². The minimum absolute atomic E-state index is 0.145. The summed E-state index contributed by atoms with van der Waals surface area (Å²) < 4.78 is 28.3. The van der Waals surface area contributed by atoms with Crippen LogP contribution in [-0.4, -0.2) is 89.2 Å². The number of aliphatic hydroxyl groups excluding tert-OH is 2. The fourth-order valence-electron chi connectivity index (χ4n) is 8.73. The van der Waals surface area contributed by atoms with E-state index in [-0.39, 0.29) is 25.9 Å². The summed E-state index contributed by atoms with van der Waals surface area (Å²) in [5.74, 6) is -3.32. The number of esters is 3. The van der Waals surface area contributed by atoms with Gasteiger partial charge in [0.05, 0.1) is 13.0 Å². The average Bonchev–Trinajstić information content (AvgIpc) is 3.43. The SMILES string of the molecule is CC/C=C\C/C=C\C/C=C\C/C=C\C/C=C\CC(=O)OC1C(OCC(COC(=O)CCCCCC/C=C\C/C=C\C/C=C\C/C=C\CC)OC(=O)CCCCCCCCCCCCCCCCCCC)OC(C(=O)O)C(O)C1O. The first kappa shape index (κ1) is 72.4. The van der Waals surface area contributed by atoms with Gasteiger partial charge in [0.1, 0.15) is 18.8 Å². The van der Waals surface area contributed by atoms with Gasteiger partial charge in [-0.3, -0.25) is 14.4 Å². The van der Waals surface area contributed by atoms with Crippen molar-refractivity contribution < 1.29 is 58.2 Å². The molecule has 3 N–H and O–H groups in total. The topological polar surface area (TPSA) is 175 Å². The molecule has 0 radical (unpaired) electrons. The van der Waals surface area contributed by atoms with E-state index >= 15 is 0 Å². The molecule has 0 aliphatic carbocycles. The first-order valence-corrected chi connectivity index (χ1v) is 30.9. The molecule has 1 heterocycles. The first-order valence-electron chi connectivity index (χ1n) is 30.9.